The fourth-order valence-electron chi connectivity index (χ4n) is 4.17. The van der Waals surface area contributed by atoms with E-state index in [9.17, 15) is 9.59 Å². The van der Waals surface area contributed by atoms with Gasteiger partial charge in [-0.25, -0.2) is 0 Å². The maximum atomic E-state index is 12.6. The second kappa shape index (κ2) is 9.69. The van der Waals surface area contributed by atoms with E-state index < -0.39 is 0 Å². The molecule has 0 aromatic heterocycles. The highest BCUT2D eigenvalue weighted by atomic mass is 16.5. The van der Waals surface area contributed by atoms with Gasteiger partial charge in [0.1, 0.15) is 0 Å². The number of carbonyl (C=O) groups is 2. The van der Waals surface area contributed by atoms with Crippen LogP contribution >= 0.6 is 0 Å². The molecule has 2 aliphatic rings. The Balaban J connectivity index is 1.42. The van der Waals surface area contributed by atoms with E-state index in [2.05, 4.69) is 15.1 Å². The molecule has 2 saturated heterocycles. The number of rotatable bonds is 5. The first-order valence-corrected chi connectivity index (χ1v) is 10.6. The van der Waals surface area contributed by atoms with E-state index in [1.54, 1.807) is 0 Å². The number of morpholine rings is 1. The molecule has 2 fully saturated rings. The van der Waals surface area contributed by atoms with Gasteiger partial charge in [-0.05, 0) is 38.8 Å². The molecule has 1 N–H and O–H groups in total. The van der Waals surface area contributed by atoms with Gasteiger partial charge < -0.3 is 15.0 Å². The third-order valence-corrected chi connectivity index (χ3v) is 5.71. The molecule has 2 atom stereocenters. The molecule has 0 unspecified atom stereocenters. The van der Waals surface area contributed by atoms with E-state index in [-0.39, 0.29) is 24.0 Å². The van der Waals surface area contributed by atoms with Gasteiger partial charge in [0.05, 0.1) is 25.3 Å². The van der Waals surface area contributed by atoms with E-state index in [1.165, 1.54) is 0 Å². The lowest BCUT2D eigenvalue weighted by Gasteiger charge is -2.38. The number of hydrogen-bond acceptors (Lipinski definition) is 5. The SMILES string of the molecule is Cc1cccc(C)c1NC(=O)CN1CCN(CC(=O)N2C[C@H](C)O[C@@H](C)C2)CC1. The lowest BCUT2D eigenvalue weighted by molar-refractivity contribution is -0.144. The van der Waals surface area contributed by atoms with Crippen LogP contribution in [0.2, 0.25) is 0 Å². The van der Waals surface area contributed by atoms with Crippen LogP contribution in [-0.2, 0) is 14.3 Å². The second-order valence-corrected chi connectivity index (χ2v) is 8.42. The molecule has 1 aromatic carbocycles. The minimum atomic E-state index is 0.0169. The quantitative estimate of drug-likeness (QED) is 0.809. The smallest absolute Gasteiger partial charge is 0.238 e. The summed E-state index contributed by atoms with van der Waals surface area (Å²) in [6.07, 6.45) is 0.185. The molecule has 2 aliphatic heterocycles. The van der Waals surface area contributed by atoms with E-state index in [1.807, 2.05) is 50.8 Å². The van der Waals surface area contributed by atoms with Crippen LogP contribution < -0.4 is 5.32 Å². The van der Waals surface area contributed by atoms with Crippen molar-refractivity contribution in [2.45, 2.75) is 39.9 Å². The Kier molecular flexibility index (Phi) is 7.27. The first kappa shape index (κ1) is 21.7. The van der Waals surface area contributed by atoms with Crippen LogP contribution in [0.3, 0.4) is 0 Å². The number of hydrogen-bond donors (Lipinski definition) is 1. The van der Waals surface area contributed by atoms with Gasteiger partial charge >= 0.3 is 0 Å². The number of nitrogens with zero attached hydrogens (tertiary/aromatic N) is 3. The van der Waals surface area contributed by atoms with Crippen LogP contribution in [0.1, 0.15) is 25.0 Å². The van der Waals surface area contributed by atoms with Crippen molar-refractivity contribution >= 4 is 17.5 Å². The Morgan fingerprint density at radius 2 is 1.48 bits per heavy atom. The van der Waals surface area contributed by atoms with Gasteiger partial charge in [-0.3, -0.25) is 19.4 Å². The number of benzene rings is 1. The maximum absolute atomic E-state index is 12.6. The summed E-state index contributed by atoms with van der Waals surface area (Å²) in [4.78, 5) is 31.4. The van der Waals surface area contributed by atoms with Gasteiger partial charge in [-0.2, -0.15) is 0 Å². The summed E-state index contributed by atoms with van der Waals surface area (Å²) in [5.41, 5.74) is 3.07. The zero-order valence-electron chi connectivity index (χ0n) is 18.1. The topological polar surface area (TPSA) is 65.1 Å². The van der Waals surface area contributed by atoms with Crippen molar-refractivity contribution in [3.63, 3.8) is 0 Å². The standard InChI is InChI=1S/C22H34N4O3/c1-16-6-5-7-17(2)22(16)23-20(27)14-24-8-10-25(11-9-24)15-21(28)26-12-18(3)29-19(4)13-26/h5-7,18-19H,8-15H2,1-4H3,(H,23,27)/t18-,19-/m0/s1. The van der Waals surface area contributed by atoms with E-state index in [4.69, 9.17) is 4.74 Å². The van der Waals surface area contributed by atoms with Crippen LogP contribution in [0.5, 0.6) is 0 Å². The fourth-order valence-corrected chi connectivity index (χ4v) is 4.17. The largest absolute Gasteiger partial charge is 0.372 e. The summed E-state index contributed by atoms with van der Waals surface area (Å²) in [6.45, 7) is 13.4. The third kappa shape index (κ3) is 6.01. The molecule has 7 heteroatoms. The summed E-state index contributed by atoms with van der Waals surface area (Å²) in [7, 11) is 0. The predicted octanol–water partition coefficient (Wildman–Crippen LogP) is 1.50. The zero-order valence-corrected chi connectivity index (χ0v) is 18.1. The van der Waals surface area contributed by atoms with Crippen LogP contribution in [0.4, 0.5) is 5.69 Å². The summed E-state index contributed by atoms with van der Waals surface area (Å²) < 4.78 is 5.71. The lowest BCUT2D eigenvalue weighted by Crippen LogP contribution is -2.54. The van der Waals surface area contributed by atoms with Crippen molar-refractivity contribution in [1.82, 2.24) is 14.7 Å². The highest BCUT2D eigenvalue weighted by Crippen LogP contribution is 2.19. The summed E-state index contributed by atoms with van der Waals surface area (Å²) in [6, 6.07) is 6.02. The molecule has 3 rings (SSSR count). The number of amides is 2. The molecule has 2 amide bonds. The van der Waals surface area contributed by atoms with Gasteiger partial charge in [-0.15, -0.1) is 0 Å². The Hall–Kier alpha value is -1.96. The molecule has 7 nitrogen and oxygen atoms in total. The average Bonchev–Trinajstić information content (AvgIpc) is 2.65. The molecule has 0 aliphatic carbocycles. The molecule has 29 heavy (non-hydrogen) atoms. The Labute approximate surface area is 174 Å². The molecule has 0 radical (unpaired) electrons. The highest BCUT2D eigenvalue weighted by Gasteiger charge is 2.28. The minimum Gasteiger partial charge on any atom is -0.372 e. The van der Waals surface area contributed by atoms with E-state index in [0.717, 1.165) is 43.0 Å². The first-order chi connectivity index (χ1) is 13.8. The number of nitrogens with one attached hydrogen (secondary N) is 1. The molecule has 160 valence electrons. The number of para-hydroxylation sites is 1. The van der Waals surface area contributed by atoms with Gasteiger partial charge in [0.2, 0.25) is 11.8 Å². The number of ether oxygens (including phenoxy) is 1. The van der Waals surface area contributed by atoms with Crippen LogP contribution in [0, 0.1) is 13.8 Å². The molecular formula is C22H34N4O3. The van der Waals surface area contributed by atoms with Crippen LogP contribution in [0.25, 0.3) is 0 Å². The van der Waals surface area contributed by atoms with E-state index in [0.29, 0.717) is 26.2 Å². The second-order valence-electron chi connectivity index (χ2n) is 8.42. The number of anilines is 1. The van der Waals surface area contributed by atoms with Crippen molar-refractivity contribution in [2.24, 2.45) is 0 Å². The third-order valence-electron chi connectivity index (χ3n) is 5.71. The van der Waals surface area contributed by atoms with Crippen molar-refractivity contribution in [1.29, 1.82) is 0 Å². The Morgan fingerprint density at radius 1 is 0.966 bits per heavy atom. The first-order valence-electron chi connectivity index (χ1n) is 10.6. The van der Waals surface area contributed by atoms with Crippen molar-refractivity contribution in [2.75, 3.05) is 57.7 Å². The molecule has 0 bridgehead atoms. The van der Waals surface area contributed by atoms with Gasteiger partial charge in [0.15, 0.2) is 0 Å². The number of piperazine rings is 1. The minimum absolute atomic E-state index is 0.0169. The van der Waals surface area contributed by atoms with Crippen molar-refractivity contribution < 1.29 is 14.3 Å². The Morgan fingerprint density at radius 3 is 2.03 bits per heavy atom. The fraction of sp³-hybridized carbons (Fsp3) is 0.636. The zero-order chi connectivity index (χ0) is 21.0. The summed E-state index contributed by atoms with van der Waals surface area (Å²) in [5.74, 6) is 0.191. The van der Waals surface area contributed by atoms with Crippen molar-refractivity contribution in [3.8, 4) is 0 Å². The molecule has 0 saturated carbocycles. The summed E-state index contributed by atoms with van der Waals surface area (Å²) >= 11 is 0. The van der Waals surface area contributed by atoms with Crippen LogP contribution in [-0.4, -0.2) is 91.1 Å². The van der Waals surface area contributed by atoms with Gasteiger partial charge in [-0.1, -0.05) is 18.2 Å². The van der Waals surface area contributed by atoms with Crippen LogP contribution in [0.15, 0.2) is 18.2 Å². The van der Waals surface area contributed by atoms with Crippen molar-refractivity contribution in [3.05, 3.63) is 29.3 Å². The molecule has 2 heterocycles. The number of aryl methyl sites for hydroxylation is 2. The van der Waals surface area contributed by atoms with Gasteiger partial charge in [0.25, 0.3) is 0 Å². The normalized spacial score (nSPS) is 23.8. The highest BCUT2D eigenvalue weighted by molar-refractivity contribution is 5.93. The molecule has 0 spiro atoms. The summed E-state index contributed by atoms with van der Waals surface area (Å²) in [5, 5.41) is 3.05. The maximum Gasteiger partial charge on any atom is 0.238 e. The molecular weight excluding hydrogens is 368 g/mol. The van der Waals surface area contributed by atoms with Gasteiger partial charge in [0, 0.05) is 45.0 Å². The monoisotopic (exact) mass is 402 g/mol. The van der Waals surface area contributed by atoms with E-state index >= 15 is 0 Å². The number of carbonyl (C=O) groups excluding carboxylic acids is 2. The average molecular weight is 403 g/mol. The molecule has 1 aromatic rings. The predicted molar refractivity (Wildman–Crippen MR) is 114 cm³/mol. The Bertz CT molecular complexity index is 701. The lowest BCUT2D eigenvalue weighted by atomic mass is 10.1.